The largest absolute Gasteiger partial charge is 0.497 e. The molecule has 0 bridgehead atoms. The Balaban J connectivity index is 1.34. The van der Waals surface area contributed by atoms with Gasteiger partial charge in [0.2, 0.25) is 11.7 Å². The normalized spacial score (nSPS) is 10.7. The number of unbranched alkanes of at least 4 members (excludes halogenated alkanes) is 2. The highest BCUT2D eigenvalue weighted by Gasteiger charge is 2.09. The third-order valence-electron chi connectivity index (χ3n) is 4.70. The van der Waals surface area contributed by atoms with Gasteiger partial charge in [-0.3, -0.25) is 4.79 Å². The number of carbonyl (C=O) groups is 1. The molecule has 1 aromatic heterocycles. The number of hydrogen-bond donors (Lipinski definition) is 1. The maximum absolute atomic E-state index is 12.2. The topological polar surface area (TPSA) is 86.5 Å². The van der Waals surface area contributed by atoms with Crippen LogP contribution in [0, 0.1) is 0 Å². The first-order chi connectivity index (χ1) is 14.7. The van der Waals surface area contributed by atoms with Crippen molar-refractivity contribution in [3.8, 4) is 17.1 Å². The SMILES string of the molecule is COCc1ccc(C(=O)NCCCCCc2nc(-c3ccc(OC)cc3)no2)cc1. The van der Waals surface area contributed by atoms with Gasteiger partial charge in [-0.15, -0.1) is 0 Å². The summed E-state index contributed by atoms with van der Waals surface area (Å²) in [4.78, 5) is 16.6. The van der Waals surface area contributed by atoms with Crippen molar-refractivity contribution in [2.24, 2.45) is 0 Å². The van der Waals surface area contributed by atoms with Crippen LogP contribution in [0.25, 0.3) is 11.4 Å². The van der Waals surface area contributed by atoms with Crippen LogP contribution >= 0.6 is 0 Å². The number of nitrogens with zero attached hydrogens (tertiary/aromatic N) is 2. The van der Waals surface area contributed by atoms with Crippen LogP contribution < -0.4 is 10.1 Å². The summed E-state index contributed by atoms with van der Waals surface area (Å²) in [7, 11) is 3.28. The van der Waals surface area contributed by atoms with Crippen LogP contribution in [-0.2, 0) is 17.8 Å². The summed E-state index contributed by atoms with van der Waals surface area (Å²) >= 11 is 0. The summed E-state index contributed by atoms with van der Waals surface area (Å²) in [5.41, 5.74) is 2.60. The van der Waals surface area contributed by atoms with E-state index in [-0.39, 0.29) is 5.91 Å². The number of ether oxygens (including phenoxy) is 2. The number of benzene rings is 2. The molecule has 7 nitrogen and oxygen atoms in total. The van der Waals surface area contributed by atoms with E-state index < -0.39 is 0 Å². The first-order valence-electron chi connectivity index (χ1n) is 10.0. The Morgan fingerprint density at radius 1 is 1.00 bits per heavy atom. The minimum atomic E-state index is -0.0556. The highest BCUT2D eigenvalue weighted by Crippen LogP contribution is 2.20. The molecule has 0 spiro atoms. The summed E-state index contributed by atoms with van der Waals surface area (Å²) in [5, 5.41) is 6.99. The molecule has 7 heteroatoms. The molecule has 0 aliphatic heterocycles. The van der Waals surface area contributed by atoms with Crippen LogP contribution in [0.2, 0.25) is 0 Å². The van der Waals surface area contributed by atoms with Gasteiger partial charge in [0.1, 0.15) is 5.75 Å². The van der Waals surface area contributed by atoms with E-state index in [0.717, 1.165) is 42.6 Å². The second kappa shape index (κ2) is 11.1. The molecule has 0 unspecified atom stereocenters. The van der Waals surface area contributed by atoms with Crippen molar-refractivity contribution >= 4 is 5.91 Å². The van der Waals surface area contributed by atoms with Gasteiger partial charge in [-0.25, -0.2) is 0 Å². The van der Waals surface area contributed by atoms with E-state index >= 15 is 0 Å². The number of hydrogen-bond acceptors (Lipinski definition) is 6. The van der Waals surface area contributed by atoms with Gasteiger partial charge >= 0.3 is 0 Å². The lowest BCUT2D eigenvalue weighted by Gasteiger charge is -2.06. The molecule has 1 amide bonds. The highest BCUT2D eigenvalue weighted by molar-refractivity contribution is 5.94. The van der Waals surface area contributed by atoms with Crippen molar-refractivity contribution in [2.75, 3.05) is 20.8 Å². The van der Waals surface area contributed by atoms with E-state index in [1.54, 1.807) is 14.2 Å². The molecule has 0 aliphatic rings. The van der Waals surface area contributed by atoms with Crippen molar-refractivity contribution in [3.05, 3.63) is 65.5 Å². The maximum Gasteiger partial charge on any atom is 0.251 e. The third kappa shape index (κ3) is 6.15. The molecule has 2 aromatic carbocycles. The van der Waals surface area contributed by atoms with Crippen molar-refractivity contribution in [1.29, 1.82) is 0 Å². The smallest absolute Gasteiger partial charge is 0.251 e. The minimum Gasteiger partial charge on any atom is -0.497 e. The lowest BCUT2D eigenvalue weighted by Crippen LogP contribution is -2.24. The standard InChI is InChI=1S/C23H27N3O4/c1-28-16-17-7-9-19(10-8-17)23(27)24-15-5-3-4-6-21-25-22(26-30-21)18-11-13-20(29-2)14-12-18/h7-14H,3-6,15-16H2,1-2H3,(H,24,27). The molecule has 1 N–H and O–H groups in total. The fourth-order valence-electron chi connectivity index (χ4n) is 3.01. The van der Waals surface area contributed by atoms with E-state index in [9.17, 15) is 4.79 Å². The lowest BCUT2D eigenvalue weighted by atomic mass is 10.1. The molecular weight excluding hydrogens is 382 g/mol. The second-order valence-corrected chi connectivity index (χ2v) is 6.94. The van der Waals surface area contributed by atoms with Crippen LogP contribution in [0.1, 0.15) is 41.1 Å². The molecule has 30 heavy (non-hydrogen) atoms. The summed E-state index contributed by atoms with van der Waals surface area (Å²) in [6, 6.07) is 15.0. The van der Waals surface area contributed by atoms with Gasteiger partial charge in [0.05, 0.1) is 13.7 Å². The van der Waals surface area contributed by atoms with Gasteiger partial charge < -0.3 is 19.3 Å². The molecule has 158 valence electrons. The van der Waals surface area contributed by atoms with Gasteiger partial charge in [-0.2, -0.15) is 4.98 Å². The summed E-state index contributed by atoms with van der Waals surface area (Å²) < 4.78 is 15.6. The van der Waals surface area contributed by atoms with Crippen LogP contribution in [0.5, 0.6) is 5.75 Å². The summed E-state index contributed by atoms with van der Waals surface area (Å²) in [6.45, 7) is 1.18. The monoisotopic (exact) mass is 409 g/mol. The van der Waals surface area contributed by atoms with Gasteiger partial charge in [0.15, 0.2) is 0 Å². The van der Waals surface area contributed by atoms with Crippen molar-refractivity contribution in [3.63, 3.8) is 0 Å². The zero-order valence-electron chi connectivity index (χ0n) is 17.4. The molecule has 3 aromatic rings. The number of methoxy groups -OCH3 is 2. The van der Waals surface area contributed by atoms with Gasteiger partial charge in [0, 0.05) is 31.2 Å². The average molecular weight is 409 g/mol. The van der Waals surface area contributed by atoms with E-state index in [4.69, 9.17) is 14.0 Å². The minimum absolute atomic E-state index is 0.0556. The average Bonchev–Trinajstić information content (AvgIpc) is 3.26. The fourth-order valence-corrected chi connectivity index (χ4v) is 3.01. The summed E-state index contributed by atoms with van der Waals surface area (Å²) in [5.74, 6) is 1.94. The molecule has 0 fully saturated rings. The first kappa shape index (κ1) is 21.5. The number of rotatable bonds is 11. The van der Waals surface area contributed by atoms with E-state index in [0.29, 0.717) is 30.4 Å². The maximum atomic E-state index is 12.2. The molecule has 0 saturated carbocycles. The van der Waals surface area contributed by atoms with Crippen LogP contribution in [0.4, 0.5) is 0 Å². The first-order valence-corrected chi connectivity index (χ1v) is 10.0. The molecular formula is C23H27N3O4. The van der Waals surface area contributed by atoms with E-state index in [1.807, 2.05) is 48.5 Å². The quantitative estimate of drug-likeness (QED) is 0.481. The predicted molar refractivity (Wildman–Crippen MR) is 113 cm³/mol. The fraction of sp³-hybridized carbons (Fsp3) is 0.348. The Morgan fingerprint density at radius 3 is 2.47 bits per heavy atom. The Labute approximate surface area is 176 Å². The molecule has 3 rings (SSSR count). The zero-order chi connectivity index (χ0) is 21.2. The van der Waals surface area contributed by atoms with Gasteiger partial charge in [0.25, 0.3) is 5.91 Å². The highest BCUT2D eigenvalue weighted by atomic mass is 16.5. The Kier molecular flexibility index (Phi) is 7.97. The van der Waals surface area contributed by atoms with E-state index in [2.05, 4.69) is 15.5 Å². The zero-order valence-corrected chi connectivity index (χ0v) is 17.4. The van der Waals surface area contributed by atoms with Gasteiger partial charge in [-0.05, 0) is 54.8 Å². The van der Waals surface area contributed by atoms with E-state index in [1.165, 1.54) is 0 Å². The van der Waals surface area contributed by atoms with Crippen LogP contribution in [0.15, 0.2) is 53.1 Å². The van der Waals surface area contributed by atoms with Crippen molar-refractivity contribution < 1.29 is 18.8 Å². The summed E-state index contributed by atoms with van der Waals surface area (Å²) in [6.07, 6.45) is 3.50. The Morgan fingerprint density at radius 2 is 1.77 bits per heavy atom. The molecule has 0 saturated heterocycles. The lowest BCUT2D eigenvalue weighted by molar-refractivity contribution is 0.0952. The number of nitrogens with one attached hydrogen (secondary N) is 1. The van der Waals surface area contributed by atoms with Crippen molar-refractivity contribution in [2.45, 2.75) is 32.3 Å². The molecule has 0 aliphatic carbocycles. The molecule has 0 atom stereocenters. The Hall–Kier alpha value is -3.19. The Bertz CT molecular complexity index is 920. The third-order valence-corrected chi connectivity index (χ3v) is 4.70. The van der Waals surface area contributed by atoms with Crippen molar-refractivity contribution in [1.82, 2.24) is 15.5 Å². The number of carbonyl (C=O) groups excluding carboxylic acids is 1. The predicted octanol–water partition coefficient (Wildman–Crippen LogP) is 4.03. The molecule has 1 heterocycles. The molecule has 0 radical (unpaired) electrons. The second-order valence-electron chi connectivity index (χ2n) is 6.94. The number of aromatic nitrogens is 2. The number of amides is 1. The van der Waals surface area contributed by atoms with Crippen LogP contribution in [0.3, 0.4) is 0 Å². The van der Waals surface area contributed by atoms with Gasteiger partial charge in [-0.1, -0.05) is 23.7 Å². The van der Waals surface area contributed by atoms with Crippen LogP contribution in [-0.4, -0.2) is 36.8 Å². The number of aryl methyl sites for hydroxylation is 1.